The molecule has 2 saturated heterocycles. The summed E-state index contributed by atoms with van der Waals surface area (Å²) in [6.07, 6.45) is 5.29. The molecule has 29 heavy (non-hydrogen) atoms. The summed E-state index contributed by atoms with van der Waals surface area (Å²) in [6.45, 7) is 3.04. The summed E-state index contributed by atoms with van der Waals surface area (Å²) >= 11 is 0. The summed E-state index contributed by atoms with van der Waals surface area (Å²) in [7, 11) is 0. The van der Waals surface area contributed by atoms with Crippen LogP contribution in [0, 0.1) is 12.7 Å². The number of amides is 1. The Labute approximate surface area is 170 Å². The Hall–Kier alpha value is -2.44. The van der Waals surface area contributed by atoms with E-state index in [9.17, 15) is 9.18 Å². The first-order valence-corrected chi connectivity index (χ1v) is 10.6. The molecule has 0 radical (unpaired) electrons. The fourth-order valence-corrected chi connectivity index (χ4v) is 4.94. The number of halogens is 1. The predicted octanol–water partition coefficient (Wildman–Crippen LogP) is 3.91. The highest BCUT2D eigenvalue weighted by Crippen LogP contribution is 2.34. The maximum atomic E-state index is 14.1. The van der Waals surface area contributed by atoms with Crippen molar-refractivity contribution in [3.63, 3.8) is 0 Å². The third kappa shape index (κ3) is 3.51. The monoisotopic (exact) mass is 394 g/mol. The van der Waals surface area contributed by atoms with Crippen LogP contribution in [0.1, 0.15) is 48.4 Å². The second kappa shape index (κ2) is 7.43. The number of piperidine rings is 1. The number of carbonyl (C=O) groups is 1. The molecule has 2 aromatic rings. The van der Waals surface area contributed by atoms with Crippen molar-refractivity contribution in [2.24, 2.45) is 0 Å². The molecule has 3 aliphatic rings. The number of nitrogens with one attached hydrogen (secondary N) is 3. The molecule has 5 rings (SSSR count). The summed E-state index contributed by atoms with van der Waals surface area (Å²) in [5.41, 5.74) is 7.94. The summed E-state index contributed by atoms with van der Waals surface area (Å²) < 4.78 is 14.1. The molecule has 0 saturated carbocycles. The van der Waals surface area contributed by atoms with Crippen LogP contribution in [0.25, 0.3) is 0 Å². The Kier molecular flexibility index (Phi) is 4.76. The predicted molar refractivity (Wildman–Crippen MR) is 112 cm³/mol. The van der Waals surface area contributed by atoms with Crippen LogP contribution in [0.4, 0.5) is 15.8 Å². The van der Waals surface area contributed by atoms with Gasteiger partial charge in [0, 0.05) is 42.0 Å². The van der Waals surface area contributed by atoms with Gasteiger partial charge >= 0.3 is 0 Å². The van der Waals surface area contributed by atoms with Crippen molar-refractivity contribution in [3.8, 4) is 0 Å². The van der Waals surface area contributed by atoms with Gasteiger partial charge in [0.15, 0.2) is 0 Å². The van der Waals surface area contributed by atoms with E-state index in [1.54, 1.807) is 6.07 Å². The Bertz CT molecular complexity index is 901. The number of anilines is 2. The van der Waals surface area contributed by atoms with E-state index in [2.05, 4.69) is 33.2 Å². The molecule has 0 spiro atoms. The zero-order valence-corrected chi connectivity index (χ0v) is 16.7. The van der Waals surface area contributed by atoms with Gasteiger partial charge in [0.05, 0.1) is 0 Å². The van der Waals surface area contributed by atoms with Crippen molar-refractivity contribution in [2.45, 2.75) is 57.2 Å². The highest BCUT2D eigenvalue weighted by Gasteiger charge is 2.34. The minimum absolute atomic E-state index is 0.131. The van der Waals surface area contributed by atoms with Gasteiger partial charge in [-0.15, -0.1) is 0 Å². The number of rotatable bonds is 3. The van der Waals surface area contributed by atoms with Crippen LogP contribution in [-0.2, 0) is 11.2 Å². The normalized spacial score (nSPS) is 25.9. The van der Waals surface area contributed by atoms with Crippen LogP contribution in [-0.4, -0.2) is 29.5 Å². The first-order chi connectivity index (χ1) is 14.1. The van der Waals surface area contributed by atoms with Crippen LogP contribution < -0.4 is 16.1 Å². The van der Waals surface area contributed by atoms with E-state index in [0.717, 1.165) is 29.9 Å². The van der Waals surface area contributed by atoms with Crippen LogP contribution in [0.2, 0.25) is 0 Å². The Balaban J connectivity index is 1.27. The lowest BCUT2D eigenvalue weighted by Crippen LogP contribution is -2.41. The van der Waals surface area contributed by atoms with Crippen LogP contribution in [0.3, 0.4) is 0 Å². The van der Waals surface area contributed by atoms with Gasteiger partial charge in [-0.05, 0) is 55.5 Å². The standard InChI is InChI=1S/C23H27FN4O/c1-14-8-9-19(24)18-13-21(26-22(14)18)23(29)25-16-6-4-5-15(11-16)20-12-17-7-2-3-10-28(17)27-20/h4-6,8-9,11,17,20-21,26-27H,2-3,7,10,12-13H2,1H3,(H,25,29). The first kappa shape index (κ1) is 18.6. The largest absolute Gasteiger partial charge is 0.373 e. The molecule has 0 aromatic heterocycles. The molecule has 3 N–H and O–H groups in total. The minimum atomic E-state index is -0.456. The quantitative estimate of drug-likeness (QED) is 0.739. The van der Waals surface area contributed by atoms with Crippen molar-refractivity contribution in [3.05, 3.63) is 58.9 Å². The van der Waals surface area contributed by atoms with Crippen molar-refractivity contribution >= 4 is 17.3 Å². The molecule has 1 amide bonds. The molecular formula is C23H27FN4O. The van der Waals surface area contributed by atoms with Crippen LogP contribution in [0.15, 0.2) is 36.4 Å². The number of hydrogen-bond acceptors (Lipinski definition) is 4. The zero-order valence-electron chi connectivity index (χ0n) is 16.7. The minimum Gasteiger partial charge on any atom is -0.373 e. The lowest BCUT2D eigenvalue weighted by atomic mass is 9.97. The third-order valence-electron chi connectivity index (χ3n) is 6.52. The molecule has 2 aromatic carbocycles. The molecule has 3 unspecified atom stereocenters. The van der Waals surface area contributed by atoms with Gasteiger partial charge in [-0.3, -0.25) is 4.79 Å². The van der Waals surface area contributed by atoms with Crippen molar-refractivity contribution in [2.75, 3.05) is 17.2 Å². The van der Waals surface area contributed by atoms with Crippen LogP contribution >= 0.6 is 0 Å². The van der Waals surface area contributed by atoms with Gasteiger partial charge in [0.25, 0.3) is 0 Å². The molecule has 6 heteroatoms. The molecule has 3 heterocycles. The Morgan fingerprint density at radius 3 is 2.97 bits per heavy atom. The smallest absolute Gasteiger partial charge is 0.247 e. The number of benzene rings is 2. The molecular weight excluding hydrogens is 367 g/mol. The first-order valence-electron chi connectivity index (χ1n) is 10.6. The van der Waals surface area contributed by atoms with Gasteiger partial charge < -0.3 is 10.6 Å². The van der Waals surface area contributed by atoms with E-state index in [0.29, 0.717) is 24.1 Å². The summed E-state index contributed by atoms with van der Waals surface area (Å²) in [6, 6.07) is 11.8. The van der Waals surface area contributed by atoms with Gasteiger partial charge in [0.2, 0.25) is 5.91 Å². The molecule has 0 bridgehead atoms. The molecule has 0 aliphatic carbocycles. The van der Waals surface area contributed by atoms with E-state index in [-0.39, 0.29) is 11.7 Å². The lowest BCUT2D eigenvalue weighted by Gasteiger charge is -2.28. The zero-order chi connectivity index (χ0) is 20.0. The molecule has 2 fully saturated rings. The second-order valence-corrected chi connectivity index (χ2v) is 8.49. The molecule has 3 atom stereocenters. The SMILES string of the molecule is Cc1ccc(F)c2c1NC(C(=O)Nc1cccc(C3CC4CCCCN4N3)c1)C2. The fourth-order valence-electron chi connectivity index (χ4n) is 4.94. The average Bonchev–Trinajstić information content (AvgIpc) is 3.36. The maximum Gasteiger partial charge on any atom is 0.247 e. The highest BCUT2D eigenvalue weighted by molar-refractivity contribution is 5.98. The fraction of sp³-hybridized carbons (Fsp3) is 0.435. The topological polar surface area (TPSA) is 56.4 Å². The lowest BCUT2D eigenvalue weighted by molar-refractivity contribution is -0.116. The Morgan fingerprint density at radius 2 is 2.14 bits per heavy atom. The summed E-state index contributed by atoms with van der Waals surface area (Å²) in [4.78, 5) is 12.8. The number of nitrogens with zero attached hydrogens (tertiary/aromatic N) is 1. The van der Waals surface area contributed by atoms with Crippen molar-refractivity contribution in [1.29, 1.82) is 0 Å². The third-order valence-corrected chi connectivity index (χ3v) is 6.52. The van der Waals surface area contributed by atoms with Crippen molar-refractivity contribution < 1.29 is 9.18 Å². The maximum absolute atomic E-state index is 14.1. The highest BCUT2D eigenvalue weighted by atomic mass is 19.1. The van der Waals surface area contributed by atoms with Gasteiger partial charge in [0.1, 0.15) is 11.9 Å². The Morgan fingerprint density at radius 1 is 1.24 bits per heavy atom. The van der Waals surface area contributed by atoms with Gasteiger partial charge in [-0.1, -0.05) is 24.6 Å². The van der Waals surface area contributed by atoms with Crippen molar-refractivity contribution in [1.82, 2.24) is 10.4 Å². The van der Waals surface area contributed by atoms with Crippen LogP contribution in [0.5, 0.6) is 0 Å². The second-order valence-electron chi connectivity index (χ2n) is 8.49. The molecule has 152 valence electrons. The van der Waals surface area contributed by atoms with E-state index in [1.807, 2.05) is 19.1 Å². The number of aryl methyl sites for hydroxylation is 1. The number of hydrazine groups is 1. The van der Waals surface area contributed by atoms with Gasteiger partial charge in [-0.2, -0.15) is 0 Å². The number of fused-ring (bicyclic) bond motifs is 2. The van der Waals surface area contributed by atoms with E-state index in [1.165, 1.54) is 30.9 Å². The summed E-state index contributed by atoms with van der Waals surface area (Å²) in [5.74, 6) is -0.381. The van der Waals surface area contributed by atoms with E-state index >= 15 is 0 Å². The van der Waals surface area contributed by atoms with E-state index < -0.39 is 6.04 Å². The van der Waals surface area contributed by atoms with Gasteiger partial charge in [-0.25, -0.2) is 14.8 Å². The summed E-state index contributed by atoms with van der Waals surface area (Å²) in [5, 5.41) is 8.60. The number of hydrogen-bond donors (Lipinski definition) is 3. The van der Waals surface area contributed by atoms with E-state index in [4.69, 9.17) is 0 Å². The average molecular weight is 394 g/mol. The number of carbonyl (C=O) groups excluding carboxylic acids is 1. The molecule has 3 aliphatic heterocycles. The molecule has 5 nitrogen and oxygen atoms in total.